The van der Waals surface area contributed by atoms with E-state index in [1.165, 1.54) is 18.2 Å². The fourth-order valence-electron chi connectivity index (χ4n) is 10.2. The van der Waals surface area contributed by atoms with Crippen LogP contribution in [0.2, 0.25) is 11.4 Å². The molecule has 13 heteroatoms. The molecule has 3 heterocycles. The molecule has 0 spiro atoms. The lowest BCUT2D eigenvalue weighted by atomic mass is 9.58. The van der Waals surface area contributed by atoms with Gasteiger partial charge in [-0.25, -0.2) is 4.90 Å². The highest BCUT2D eigenvalue weighted by molar-refractivity contribution is 6.99. The van der Waals surface area contributed by atoms with Crippen molar-refractivity contribution >= 4 is 60.6 Å². The molecule has 2 saturated heterocycles. The Morgan fingerprint density at radius 2 is 1.57 bits per heavy atom. The van der Waals surface area contributed by atoms with E-state index >= 15 is 0 Å². The number of aryl methyl sites for hydroxylation is 2. The lowest BCUT2D eigenvalue weighted by molar-refractivity contribution is -0.384. The number of nitro groups is 1. The number of phenols is 1. The summed E-state index contributed by atoms with van der Waals surface area (Å²) in [5.41, 5.74) is 5.75. The highest BCUT2D eigenvalue weighted by Crippen LogP contribution is 2.52. The van der Waals surface area contributed by atoms with E-state index in [1.807, 2.05) is 80.6 Å². The first-order valence-electron chi connectivity index (χ1n) is 21.5. The second-order valence-electron chi connectivity index (χ2n) is 18.0. The van der Waals surface area contributed by atoms with Crippen LogP contribution in [0.5, 0.6) is 5.75 Å². The normalized spacial score (nSPS) is 20.5. The zero-order chi connectivity index (χ0) is 44.6. The topological polar surface area (TPSA) is 152 Å². The lowest BCUT2D eigenvalue weighted by Crippen LogP contribution is -2.66. The molecule has 11 nitrogen and oxygen atoms in total. The Hall–Kier alpha value is -5.99. The average Bonchev–Trinajstić information content (AvgIpc) is 3.52. The molecule has 0 radical (unpaired) electrons. The molecule has 5 aromatic rings. The van der Waals surface area contributed by atoms with E-state index in [0.29, 0.717) is 12.8 Å². The summed E-state index contributed by atoms with van der Waals surface area (Å²) in [7, 11) is -4.32. The minimum Gasteiger partial charge on any atom is -0.507 e. The summed E-state index contributed by atoms with van der Waals surface area (Å²) in [6.45, 7) is 10.5. The largest absolute Gasteiger partial charge is 0.507 e. The second-order valence-corrected chi connectivity index (χ2v) is 22.3. The van der Waals surface area contributed by atoms with Crippen LogP contribution in [-0.2, 0) is 18.7 Å². The Bertz CT molecular complexity index is 2540. The molecular weight excluding hydrogens is 809 g/mol. The van der Waals surface area contributed by atoms with Gasteiger partial charge in [0.15, 0.2) is 0 Å². The Morgan fingerprint density at radius 3 is 2.17 bits per heavy atom. The number of benzene rings is 4. The molecule has 8 rings (SSSR count). The molecular formula is C50H52BN3O8Si. The van der Waals surface area contributed by atoms with Gasteiger partial charge in [-0.1, -0.05) is 93.6 Å². The van der Waals surface area contributed by atoms with Crippen molar-refractivity contribution in [1.29, 1.82) is 0 Å². The molecule has 2 amide bonds. The summed E-state index contributed by atoms with van der Waals surface area (Å²) in [6.07, 6.45) is 4.36. The number of aromatic hydroxyl groups is 1. The zero-order valence-corrected chi connectivity index (χ0v) is 37.2. The molecule has 1 aliphatic carbocycles. The summed E-state index contributed by atoms with van der Waals surface area (Å²) in [5.74, 6) is -2.79. The number of carbonyl (C=O) groups is 2. The van der Waals surface area contributed by atoms with E-state index in [4.69, 9.17) is 14.1 Å². The third-order valence-corrected chi connectivity index (χ3v) is 18.0. The van der Waals surface area contributed by atoms with E-state index in [9.17, 15) is 29.8 Å². The number of rotatable bonds is 12. The van der Waals surface area contributed by atoms with Crippen molar-refractivity contribution in [3.05, 3.63) is 165 Å². The number of allylic oxidation sites excluding steroid dienone is 1. The summed E-state index contributed by atoms with van der Waals surface area (Å²) in [6, 6.07) is 35.9. The molecule has 2 N–H and O–H groups in total. The monoisotopic (exact) mass is 861 g/mol. The molecule has 0 unspecified atom stereocenters. The number of fused-ring (bicyclic) bond motifs is 3. The van der Waals surface area contributed by atoms with Crippen LogP contribution in [0, 0.1) is 41.7 Å². The molecule has 0 saturated carbocycles. The minimum absolute atomic E-state index is 0.0898. The van der Waals surface area contributed by atoms with Gasteiger partial charge in [-0.05, 0) is 131 Å². The third kappa shape index (κ3) is 8.34. The van der Waals surface area contributed by atoms with Gasteiger partial charge in [-0.15, -0.1) is 0 Å². The number of non-ortho nitro benzene ring substituents is 1. The fourth-order valence-corrected chi connectivity index (χ4v) is 14.8. The number of carbonyl (C=O) groups excluding carboxylic acids is 2. The Labute approximate surface area is 369 Å². The van der Waals surface area contributed by atoms with Gasteiger partial charge in [-0.2, -0.15) is 0 Å². The maximum absolute atomic E-state index is 14.7. The van der Waals surface area contributed by atoms with Gasteiger partial charge >= 0.3 is 7.12 Å². The molecule has 2 fully saturated rings. The van der Waals surface area contributed by atoms with Gasteiger partial charge in [0.1, 0.15) is 5.75 Å². The van der Waals surface area contributed by atoms with Crippen LogP contribution in [0.3, 0.4) is 0 Å². The quantitative estimate of drug-likeness (QED) is 0.0416. The van der Waals surface area contributed by atoms with E-state index in [-0.39, 0.29) is 41.5 Å². The molecule has 322 valence electrons. The highest BCUT2D eigenvalue weighted by atomic mass is 28.4. The van der Waals surface area contributed by atoms with Crippen molar-refractivity contribution < 1.29 is 33.7 Å². The number of nitro benzene ring substituents is 1. The van der Waals surface area contributed by atoms with Crippen molar-refractivity contribution in [2.75, 3.05) is 11.5 Å². The van der Waals surface area contributed by atoms with E-state index in [2.05, 4.69) is 51.1 Å². The fraction of sp³-hybridized carbons (Fsp3) is 0.300. The van der Waals surface area contributed by atoms with Gasteiger partial charge in [0, 0.05) is 18.3 Å². The highest BCUT2D eigenvalue weighted by Gasteiger charge is 2.58. The first-order valence-corrected chi connectivity index (χ1v) is 23.4. The van der Waals surface area contributed by atoms with Crippen LogP contribution in [-0.4, -0.2) is 60.0 Å². The number of phenolic OH excluding ortho intramolecular Hbond substituents is 1. The van der Waals surface area contributed by atoms with Crippen molar-refractivity contribution in [3.63, 3.8) is 0 Å². The van der Waals surface area contributed by atoms with Crippen LogP contribution in [0.1, 0.15) is 62.4 Å². The van der Waals surface area contributed by atoms with Gasteiger partial charge in [0.25, 0.3) is 14.0 Å². The summed E-state index contributed by atoms with van der Waals surface area (Å²) >= 11 is 0. The summed E-state index contributed by atoms with van der Waals surface area (Å²) < 4.78 is 14.0. The molecule has 2 aliphatic heterocycles. The Morgan fingerprint density at radius 1 is 0.921 bits per heavy atom. The summed E-state index contributed by atoms with van der Waals surface area (Å²) in [4.78, 5) is 46.3. The van der Waals surface area contributed by atoms with Crippen molar-refractivity contribution in [2.24, 2.45) is 17.8 Å². The van der Waals surface area contributed by atoms with Crippen LogP contribution in [0.15, 0.2) is 133 Å². The smallest absolute Gasteiger partial charge is 0.455 e. The predicted octanol–water partition coefficient (Wildman–Crippen LogP) is 8.21. The molecule has 1 aromatic heterocycles. The third-order valence-electron chi connectivity index (χ3n) is 13.0. The van der Waals surface area contributed by atoms with Crippen LogP contribution < -0.4 is 15.3 Å². The number of hydrogen-bond donors (Lipinski definition) is 2. The van der Waals surface area contributed by atoms with E-state index < -0.39 is 56.0 Å². The van der Waals surface area contributed by atoms with Crippen molar-refractivity contribution in [2.45, 2.75) is 71.3 Å². The SMILES string of the molecule is Cc1cc(/C=C(/CC[C@H]2OB(O)C[C@H]3C2=C(CO[Si](c2ccccc2)(c2ccccc2)C(C)(C)C)C[C@H]2C(=O)N(c4cccc([N+](=O)[O-])c4)C(=O)[C@H]23)c2ccccn2)cc(C)c1O. The number of anilines is 1. The van der Waals surface area contributed by atoms with E-state index in [0.717, 1.165) is 54.4 Å². The van der Waals surface area contributed by atoms with Gasteiger partial charge < -0.3 is 19.2 Å². The first-order chi connectivity index (χ1) is 30.2. The molecule has 0 bridgehead atoms. The van der Waals surface area contributed by atoms with Crippen LogP contribution in [0.25, 0.3) is 11.6 Å². The first kappa shape index (κ1) is 43.7. The average molecular weight is 862 g/mol. The summed E-state index contributed by atoms with van der Waals surface area (Å²) in [5, 5.41) is 35.7. The molecule has 4 atom stereocenters. The molecule has 3 aliphatic rings. The van der Waals surface area contributed by atoms with Crippen LogP contribution >= 0.6 is 0 Å². The number of pyridine rings is 1. The standard InChI is InChI=1S/C50H52BN3O8Si/c1-32-25-34(26-33(2)47(32)55)27-35(43-21-12-13-24-52-43)22-23-44-45-36(31-61-63(50(3,4)5,39-17-8-6-9-18-39)40-19-10-7-11-20-40)28-41-46(42(45)30-51(58)62-44)49(57)53(48(41)56)37-15-14-16-38(29-37)54(59)60/h6-21,24-27,29,41-42,44,46,55,58H,22-23,28,30-31H2,1-5H3/b35-27-/t41-,42+,44-,46-/m1/s1. The van der Waals surface area contributed by atoms with Gasteiger partial charge in [0.05, 0.1) is 40.9 Å². The molecule has 4 aromatic carbocycles. The number of nitrogens with zero attached hydrogens (tertiary/aromatic N) is 3. The molecule has 63 heavy (non-hydrogen) atoms. The number of amides is 2. The Balaban J connectivity index is 1.24. The minimum atomic E-state index is -3.10. The van der Waals surface area contributed by atoms with Crippen LogP contribution in [0.4, 0.5) is 11.4 Å². The lowest BCUT2D eigenvalue weighted by Gasteiger charge is -2.46. The second kappa shape index (κ2) is 17.6. The van der Waals surface area contributed by atoms with Crippen molar-refractivity contribution in [3.8, 4) is 5.75 Å². The maximum Gasteiger partial charge on any atom is 0.455 e. The van der Waals surface area contributed by atoms with E-state index in [1.54, 1.807) is 12.3 Å². The number of aromatic nitrogens is 1. The maximum atomic E-state index is 14.7. The van der Waals surface area contributed by atoms with Gasteiger partial charge in [0.2, 0.25) is 11.8 Å². The van der Waals surface area contributed by atoms with Gasteiger partial charge in [-0.3, -0.25) is 24.7 Å². The predicted molar refractivity (Wildman–Crippen MR) is 248 cm³/mol. The number of hydrogen-bond acceptors (Lipinski definition) is 9. The number of imide groups is 1. The zero-order valence-electron chi connectivity index (χ0n) is 36.2. The van der Waals surface area contributed by atoms with Crippen molar-refractivity contribution in [1.82, 2.24) is 4.98 Å². The Kier molecular flexibility index (Phi) is 12.2.